The van der Waals surface area contributed by atoms with Crippen LogP contribution in [-0.4, -0.2) is 68.4 Å². The molecule has 2 saturated heterocycles. The summed E-state index contributed by atoms with van der Waals surface area (Å²) in [6, 6.07) is 17.5. The predicted molar refractivity (Wildman–Crippen MR) is 159 cm³/mol. The SMILES string of the molecule is Cc1ccc(S(=O)(=O)OC[C@H](OS(=O)(=O)c2ccc(C)cc2)C2O[C@@H]3OC(C)(C)O[C@@H]3[C@H]2OS(=O)(=O)c2ccc(C)cc2)cc1. The fourth-order valence-corrected chi connectivity index (χ4v) is 7.93. The van der Waals surface area contributed by atoms with Crippen LogP contribution in [0.1, 0.15) is 30.5 Å². The molecule has 0 spiro atoms. The minimum atomic E-state index is -4.56. The van der Waals surface area contributed by atoms with Crippen LogP contribution in [0, 0.1) is 20.8 Å². The smallest absolute Gasteiger partial charge is 0.297 e. The molecule has 0 aromatic heterocycles. The average Bonchev–Trinajstić information content (AvgIpc) is 3.43. The fourth-order valence-electron chi connectivity index (χ4n) is 4.85. The average molecular weight is 683 g/mol. The van der Waals surface area contributed by atoms with Gasteiger partial charge in [0.15, 0.2) is 12.1 Å². The zero-order valence-corrected chi connectivity index (χ0v) is 27.6. The molecule has 0 bridgehead atoms. The Hall–Kier alpha value is -2.73. The molecule has 2 heterocycles. The minimum absolute atomic E-state index is 0.170. The van der Waals surface area contributed by atoms with Crippen LogP contribution in [0.2, 0.25) is 0 Å². The maximum atomic E-state index is 13.4. The second-order valence-corrected chi connectivity index (χ2v) is 16.1. The van der Waals surface area contributed by atoms with E-state index in [1.165, 1.54) is 36.4 Å². The van der Waals surface area contributed by atoms with Gasteiger partial charge in [0.05, 0.1) is 21.3 Å². The third-order valence-corrected chi connectivity index (χ3v) is 11.2. The van der Waals surface area contributed by atoms with Gasteiger partial charge >= 0.3 is 0 Å². The molecule has 45 heavy (non-hydrogen) atoms. The van der Waals surface area contributed by atoms with E-state index in [0.29, 0.717) is 0 Å². The molecule has 0 radical (unpaired) electrons. The van der Waals surface area contributed by atoms with Crippen molar-refractivity contribution in [2.75, 3.05) is 6.61 Å². The lowest BCUT2D eigenvalue weighted by Gasteiger charge is -2.30. The molecule has 0 saturated carbocycles. The van der Waals surface area contributed by atoms with Crippen LogP contribution < -0.4 is 0 Å². The maximum Gasteiger partial charge on any atom is 0.297 e. The fraction of sp³-hybridized carbons (Fsp3) is 0.400. The van der Waals surface area contributed by atoms with E-state index >= 15 is 0 Å². The summed E-state index contributed by atoms with van der Waals surface area (Å²) in [5, 5.41) is 0. The van der Waals surface area contributed by atoms with Gasteiger partial charge in [0.25, 0.3) is 30.4 Å². The lowest BCUT2D eigenvalue weighted by Crippen LogP contribution is -2.47. The number of fused-ring (bicyclic) bond motifs is 1. The Kier molecular flexibility index (Phi) is 9.32. The topological polar surface area (TPSA) is 158 Å². The number of hydrogen-bond acceptors (Lipinski definition) is 12. The van der Waals surface area contributed by atoms with Gasteiger partial charge in [0.1, 0.15) is 24.4 Å². The van der Waals surface area contributed by atoms with Gasteiger partial charge in [-0.2, -0.15) is 25.3 Å². The predicted octanol–water partition coefficient (Wildman–Crippen LogP) is 3.74. The number of benzene rings is 3. The molecule has 12 nitrogen and oxygen atoms in total. The van der Waals surface area contributed by atoms with Crippen molar-refractivity contribution in [3.63, 3.8) is 0 Å². The van der Waals surface area contributed by atoms with E-state index in [9.17, 15) is 25.3 Å². The molecule has 3 aromatic carbocycles. The van der Waals surface area contributed by atoms with E-state index in [1.807, 2.05) is 0 Å². The first-order chi connectivity index (χ1) is 21.0. The molecular formula is C30H34O12S3. The highest BCUT2D eigenvalue weighted by molar-refractivity contribution is 7.87. The molecule has 0 amide bonds. The number of hydrogen-bond donors (Lipinski definition) is 0. The van der Waals surface area contributed by atoms with Crippen molar-refractivity contribution in [2.24, 2.45) is 0 Å². The van der Waals surface area contributed by atoms with Crippen molar-refractivity contribution >= 4 is 30.4 Å². The first kappa shape index (κ1) is 33.6. The van der Waals surface area contributed by atoms with Crippen molar-refractivity contribution in [1.29, 1.82) is 0 Å². The Morgan fingerprint density at radius 3 is 1.60 bits per heavy atom. The van der Waals surface area contributed by atoms with Crippen LogP contribution in [-0.2, 0) is 57.1 Å². The van der Waals surface area contributed by atoms with E-state index < -0.39 is 73.5 Å². The summed E-state index contributed by atoms with van der Waals surface area (Å²) in [5.41, 5.74) is 2.41. The monoisotopic (exact) mass is 682 g/mol. The number of rotatable bonds is 11. The third-order valence-electron chi connectivity index (χ3n) is 7.20. The lowest BCUT2D eigenvalue weighted by atomic mass is 10.1. The molecule has 0 aliphatic carbocycles. The Bertz CT molecular complexity index is 1840. The first-order valence-corrected chi connectivity index (χ1v) is 18.2. The molecule has 0 N–H and O–H groups in total. The van der Waals surface area contributed by atoms with Crippen molar-refractivity contribution in [3.8, 4) is 0 Å². The van der Waals surface area contributed by atoms with Gasteiger partial charge in [-0.3, -0.25) is 12.5 Å². The molecular weight excluding hydrogens is 649 g/mol. The van der Waals surface area contributed by atoms with E-state index in [4.69, 9.17) is 26.8 Å². The normalized spacial score (nSPS) is 23.9. The zero-order chi connectivity index (χ0) is 32.8. The third kappa shape index (κ3) is 7.64. The standard InChI is InChI=1S/C30H34O12S3/c1-19-6-12-22(13-7-19)43(31,32)37-18-25(41-44(33,34)23-14-8-20(2)9-15-23)26-27(28-29(38-26)40-30(4,5)39-28)42-45(35,36)24-16-10-21(3)11-17-24/h6-17,25-29H,18H2,1-5H3/t25-,26?,27-,28+,29+/m0/s1. The molecule has 2 aliphatic heterocycles. The Morgan fingerprint density at radius 2 is 1.11 bits per heavy atom. The summed E-state index contributed by atoms with van der Waals surface area (Å²) in [5.74, 6) is -1.20. The largest absolute Gasteiger partial charge is 0.341 e. The van der Waals surface area contributed by atoms with Crippen LogP contribution in [0.15, 0.2) is 87.5 Å². The molecule has 5 atom stereocenters. The van der Waals surface area contributed by atoms with Crippen molar-refractivity contribution < 1.29 is 52.0 Å². The maximum absolute atomic E-state index is 13.4. The highest BCUT2D eigenvalue weighted by atomic mass is 32.2. The molecule has 15 heteroatoms. The lowest BCUT2D eigenvalue weighted by molar-refractivity contribution is -0.223. The molecule has 2 fully saturated rings. The summed E-state index contributed by atoms with van der Waals surface area (Å²) in [7, 11) is -13.5. The molecule has 244 valence electrons. The Labute approximate surface area is 263 Å². The summed E-state index contributed by atoms with van der Waals surface area (Å²) < 4.78 is 114. The highest BCUT2D eigenvalue weighted by Crippen LogP contribution is 2.42. The van der Waals surface area contributed by atoms with Gasteiger partial charge in [-0.15, -0.1) is 0 Å². The van der Waals surface area contributed by atoms with Gasteiger partial charge in [-0.1, -0.05) is 53.1 Å². The van der Waals surface area contributed by atoms with E-state index in [0.717, 1.165) is 16.7 Å². The van der Waals surface area contributed by atoms with Gasteiger partial charge in [0.2, 0.25) is 0 Å². The van der Waals surface area contributed by atoms with Gasteiger partial charge in [-0.25, -0.2) is 0 Å². The second-order valence-electron chi connectivity index (χ2n) is 11.4. The zero-order valence-electron chi connectivity index (χ0n) is 25.1. The Balaban J connectivity index is 1.51. The summed E-state index contributed by atoms with van der Waals surface area (Å²) in [6.45, 7) is 7.62. The van der Waals surface area contributed by atoms with Gasteiger partial charge in [0, 0.05) is 0 Å². The molecule has 1 unspecified atom stereocenters. The molecule has 5 rings (SSSR count). The van der Waals surface area contributed by atoms with Crippen molar-refractivity contribution in [2.45, 2.75) is 85.8 Å². The van der Waals surface area contributed by atoms with Crippen LogP contribution >= 0.6 is 0 Å². The minimum Gasteiger partial charge on any atom is -0.341 e. The first-order valence-electron chi connectivity index (χ1n) is 13.9. The second kappa shape index (κ2) is 12.5. The number of ether oxygens (including phenoxy) is 3. The summed E-state index contributed by atoms with van der Waals surface area (Å²) in [6.07, 6.45) is -7.19. The van der Waals surface area contributed by atoms with Crippen LogP contribution in [0.25, 0.3) is 0 Å². The van der Waals surface area contributed by atoms with E-state index in [2.05, 4.69) is 0 Å². The quantitative estimate of drug-likeness (QED) is 0.270. The van der Waals surface area contributed by atoms with Crippen molar-refractivity contribution in [1.82, 2.24) is 0 Å². The summed E-state index contributed by atoms with van der Waals surface area (Å²) >= 11 is 0. The van der Waals surface area contributed by atoms with Gasteiger partial charge in [-0.05, 0) is 71.0 Å². The van der Waals surface area contributed by atoms with E-state index in [-0.39, 0.29) is 14.7 Å². The number of aryl methyl sites for hydroxylation is 3. The highest BCUT2D eigenvalue weighted by Gasteiger charge is 2.59. The Morgan fingerprint density at radius 1 is 0.667 bits per heavy atom. The van der Waals surface area contributed by atoms with E-state index in [1.54, 1.807) is 71.0 Å². The van der Waals surface area contributed by atoms with Crippen LogP contribution in [0.3, 0.4) is 0 Å². The van der Waals surface area contributed by atoms with Crippen LogP contribution in [0.4, 0.5) is 0 Å². The summed E-state index contributed by atoms with van der Waals surface area (Å²) in [4.78, 5) is -0.576. The van der Waals surface area contributed by atoms with Crippen molar-refractivity contribution in [3.05, 3.63) is 89.5 Å². The molecule has 3 aromatic rings. The molecule has 2 aliphatic rings. The van der Waals surface area contributed by atoms with Gasteiger partial charge < -0.3 is 14.2 Å². The van der Waals surface area contributed by atoms with Crippen LogP contribution in [0.5, 0.6) is 0 Å².